The van der Waals surface area contributed by atoms with Crippen molar-refractivity contribution in [2.24, 2.45) is 0 Å². The number of aliphatic hydroxyl groups excluding tert-OH is 1. The van der Waals surface area contributed by atoms with Crippen LogP contribution in [-0.2, 0) is 4.74 Å². The molecule has 1 aliphatic heterocycles. The number of Topliss-reactive ketones (excluding diaryl/α,β-unsaturated/α-hetero) is 1. The number of morpholine rings is 1. The van der Waals surface area contributed by atoms with E-state index >= 15 is 0 Å². The number of rotatable bonds is 3. The second-order valence-electron chi connectivity index (χ2n) is 4.82. The number of aliphatic hydroxyl groups is 1. The van der Waals surface area contributed by atoms with Gasteiger partial charge in [-0.15, -0.1) is 0 Å². The maximum Gasteiger partial charge on any atom is 0.270 e. The quantitative estimate of drug-likeness (QED) is 0.778. The van der Waals surface area contributed by atoms with Gasteiger partial charge in [0.05, 0.1) is 18.8 Å². The topological polar surface area (TPSA) is 82.6 Å². The van der Waals surface area contributed by atoms with Crippen molar-refractivity contribution in [2.75, 3.05) is 19.7 Å². The normalized spacial score (nSPS) is 23.4. The van der Waals surface area contributed by atoms with Crippen molar-refractivity contribution in [1.82, 2.24) is 9.88 Å². The van der Waals surface area contributed by atoms with Gasteiger partial charge in [0.15, 0.2) is 5.78 Å². The average Bonchev–Trinajstić information content (AvgIpc) is 2.86. The minimum absolute atomic E-state index is 0.0844. The predicted molar refractivity (Wildman–Crippen MR) is 68.1 cm³/mol. The van der Waals surface area contributed by atoms with Crippen LogP contribution in [0.1, 0.15) is 34.7 Å². The van der Waals surface area contributed by atoms with Gasteiger partial charge in [-0.05, 0) is 19.9 Å². The Morgan fingerprint density at radius 1 is 1.53 bits per heavy atom. The van der Waals surface area contributed by atoms with Crippen molar-refractivity contribution in [2.45, 2.75) is 26.1 Å². The summed E-state index contributed by atoms with van der Waals surface area (Å²) in [5, 5.41) is 9.14. The first-order valence-corrected chi connectivity index (χ1v) is 6.26. The van der Waals surface area contributed by atoms with E-state index in [1.807, 2.05) is 6.92 Å². The lowest BCUT2D eigenvalue weighted by Crippen LogP contribution is -2.50. The van der Waals surface area contributed by atoms with Gasteiger partial charge in [-0.2, -0.15) is 0 Å². The standard InChI is InChI=1S/C13H18N2O4/c1-8-5-15(6-11(7-16)19-8)13(18)12-3-10(4-14-12)9(2)17/h3-4,8,11,14,16H,5-7H2,1-2H3. The first-order valence-electron chi connectivity index (χ1n) is 6.26. The summed E-state index contributed by atoms with van der Waals surface area (Å²) in [6.45, 7) is 4.03. The molecule has 1 aromatic heterocycles. The molecular weight excluding hydrogens is 248 g/mol. The molecule has 0 spiro atoms. The van der Waals surface area contributed by atoms with E-state index in [0.717, 1.165) is 0 Å². The average molecular weight is 266 g/mol. The predicted octanol–water partition coefficient (Wildman–Crippen LogP) is 0.439. The zero-order valence-corrected chi connectivity index (χ0v) is 11.0. The smallest absolute Gasteiger partial charge is 0.270 e. The summed E-state index contributed by atoms with van der Waals surface area (Å²) >= 11 is 0. The summed E-state index contributed by atoms with van der Waals surface area (Å²) in [4.78, 5) is 27.9. The Morgan fingerprint density at radius 3 is 2.84 bits per heavy atom. The largest absolute Gasteiger partial charge is 0.394 e. The van der Waals surface area contributed by atoms with Crippen LogP contribution in [0.5, 0.6) is 0 Å². The summed E-state index contributed by atoms with van der Waals surface area (Å²) in [5.74, 6) is -0.264. The highest BCUT2D eigenvalue weighted by Crippen LogP contribution is 2.15. The Hall–Kier alpha value is -1.66. The van der Waals surface area contributed by atoms with Crippen LogP contribution in [0.25, 0.3) is 0 Å². The van der Waals surface area contributed by atoms with Gasteiger partial charge in [0.1, 0.15) is 5.69 Å². The van der Waals surface area contributed by atoms with Crippen LogP contribution in [0.4, 0.5) is 0 Å². The van der Waals surface area contributed by atoms with E-state index in [4.69, 9.17) is 9.84 Å². The number of hydrogen-bond acceptors (Lipinski definition) is 4. The molecule has 1 aromatic rings. The van der Waals surface area contributed by atoms with Crippen LogP contribution in [0.3, 0.4) is 0 Å². The monoisotopic (exact) mass is 266 g/mol. The number of H-pyrrole nitrogens is 1. The van der Waals surface area contributed by atoms with Crippen molar-refractivity contribution < 1.29 is 19.4 Å². The molecule has 2 heterocycles. The third-order valence-electron chi connectivity index (χ3n) is 3.14. The summed E-state index contributed by atoms with van der Waals surface area (Å²) in [7, 11) is 0. The molecule has 0 saturated carbocycles. The molecule has 0 bridgehead atoms. The third-order valence-corrected chi connectivity index (χ3v) is 3.14. The SMILES string of the molecule is CC(=O)c1c[nH]c(C(=O)N2CC(C)OC(CO)C2)c1. The van der Waals surface area contributed by atoms with Gasteiger partial charge >= 0.3 is 0 Å². The van der Waals surface area contributed by atoms with Gasteiger partial charge in [0.2, 0.25) is 0 Å². The van der Waals surface area contributed by atoms with E-state index in [9.17, 15) is 9.59 Å². The van der Waals surface area contributed by atoms with Crippen LogP contribution in [0.2, 0.25) is 0 Å². The summed E-state index contributed by atoms with van der Waals surface area (Å²) in [6.07, 6.45) is 1.07. The van der Waals surface area contributed by atoms with E-state index in [2.05, 4.69) is 4.98 Å². The molecule has 2 unspecified atom stereocenters. The fourth-order valence-electron chi connectivity index (χ4n) is 2.20. The summed E-state index contributed by atoms with van der Waals surface area (Å²) in [6, 6.07) is 1.55. The van der Waals surface area contributed by atoms with Crippen molar-refractivity contribution in [3.8, 4) is 0 Å². The molecule has 0 aliphatic carbocycles. The van der Waals surface area contributed by atoms with E-state index in [-0.39, 0.29) is 30.5 Å². The Labute approximate surface area is 111 Å². The highest BCUT2D eigenvalue weighted by atomic mass is 16.5. The molecule has 1 saturated heterocycles. The van der Waals surface area contributed by atoms with E-state index in [0.29, 0.717) is 24.3 Å². The van der Waals surface area contributed by atoms with Gasteiger partial charge in [-0.1, -0.05) is 0 Å². The van der Waals surface area contributed by atoms with Gasteiger partial charge in [-0.3, -0.25) is 9.59 Å². The van der Waals surface area contributed by atoms with Gasteiger partial charge < -0.3 is 19.7 Å². The molecule has 1 amide bonds. The molecule has 0 radical (unpaired) electrons. The number of aromatic amines is 1. The molecule has 19 heavy (non-hydrogen) atoms. The number of nitrogens with zero attached hydrogens (tertiary/aromatic N) is 1. The molecule has 2 rings (SSSR count). The third kappa shape index (κ3) is 3.02. The zero-order chi connectivity index (χ0) is 14.0. The lowest BCUT2D eigenvalue weighted by molar-refractivity contribution is -0.0859. The first kappa shape index (κ1) is 13.8. The number of aromatic nitrogens is 1. The van der Waals surface area contributed by atoms with Gasteiger partial charge in [-0.25, -0.2) is 0 Å². The molecule has 2 N–H and O–H groups in total. The van der Waals surface area contributed by atoms with Crippen LogP contribution in [-0.4, -0.2) is 58.6 Å². The van der Waals surface area contributed by atoms with Crippen molar-refractivity contribution in [3.05, 3.63) is 23.5 Å². The summed E-state index contributed by atoms with van der Waals surface area (Å²) < 4.78 is 5.49. The van der Waals surface area contributed by atoms with Crippen LogP contribution in [0.15, 0.2) is 12.3 Å². The van der Waals surface area contributed by atoms with Crippen LogP contribution < -0.4 is 0 Å². The maximum absolute atomic E-state index is 12.3. The Kier molecular flexibility index (Phi) is 4.01. The van der Waals surface area contributed by atoms with Crippen molar-refractivity contribution >= 4 is 11.7 Å². The lowest BCUT2D eigenvalue weighted by Gasteiger charge is -2.35. The molecule has 2 atom stereocenters. The molecular formula is C13H18N2O4. The Morgan fingerprint density at radius 2 is 2.26 bits per heavy atom. The molecule has 6 heteroatoms. The lowest BCUT2D eigenvalue weighted by atomic mass is 10.2. The Bertz CT molecular complexity index is 483. The summed E-state index contributed by atoms with van der Waals surface area (Å²) in [5.41, 5.74) is 0.874. The number of ether oxygens (including phenoxy) is 1. The number of carbonyl (C=O) groups is 2. The number of amides is 1. The molecule has 6 nitrogen and oxygen atoms in total. The first-order chi connectivity index (χ1) is 9.01. The Balaban J connectivity index is 2.11. The number of ketones is 1. The fourth-order valence-corrected chi connectivity index (χ4v) is 2.20. The fraction of sp³-hybridized carbons (Fsp3) is 0.538. The van der Waals surface area contributed by atoms with E-state index < -0.39 is 0 Å². The van der Waals surface area contributed by atoms with Gasteiger partial charge in [0, 0.05) is 24.8 Å². The number of hydrogen-bond donors (Lipinski definition) is 2. The van der Waals surface area contributed by atoms with E-state index in [1.54, 1.807) is 11.0 Å². The zero-order valence-electron chi connectivity index (χ0n) is 11.0. The number of carbonyl (C=O) groups excluding carboxylic acids is 2. The van der Waals surface area contributed by atoms with Crippen LogP contribution >= 0.6 is 0 Å². The maximum atomic E-state index is 12.3. The highest BCUT2D eigenvalue weighted by molar-refractivity contribution is 5.99. The highest BCUT2D eigenvalue weighted by Gasteiger charge is 2.29. The second-order valence-corrected chi connectivity index (χ2v) is 4.82. The molecule has 1 aliphatic rings. The van der Waals surface area contributed by atoms with Crippen molar-refractivity contribution in [3.63, 3.8) is 0 Å². The van der Waals surface area contributed by atoms with Crippen LogP contribution in [0, 0.1) is 0 Å². The second kappa shape index (κ2) is 5.54. The van der Waals surface area contributed by atoms with E-state index in [1.165, 1.54) is 13.1 Å². The molecule has 1 fully saturated rings. The molecule has 104 valence electrons. The minimum Gasteiger partial charge on any atom is -0.394 e. The van der Waals surface area contributed by atoms with Crippen molar-refractivity contribution in [1.29, 1.82) is 0 Å². The number of nitrogens with one attached hydrogen (secondary N) is 1. The van der Waals surface area contributed by atoms with Gasteiger partial charge in [0.25, 0.3) is 5.91 Å². The molecule has 0 aromatic carbocycles. The minimum atomic E-state index is -0.352.